The smallest absolute Gasteiger partial charge is 0.357 e. The van der Waals surface area contributed by atoms with E-state index in [-0.39, 0.29) is 17.6 Å². The van der Waals surface area contributed by atoms with E-state index in [9.17, 15) is 4.79 Å². The molecule has 6 heteroatoms. The van der Waals surface area contributed by atoms with Gasteiger partial charge in [0.2, 0.25) is 0 Å². The molecule has 1 N–H and O–H groups in total. The molecule has 15 heavy (non-hydrogen) atoms. The maximum Gasteiger partial charge on any atom is 0.357 e. The number of aromatic carboxylic acids is 1. The molecule has 0 aliphatic carbocycles. The number of aromatic nitrogens is 1. The zero-order valence-electron chi connectivity index (χ0n) is 8.47. The van der Waals surface area contributed by atoms with Gasteiger partial charge in [-0.2, -0.15) is 10.2 Å². The van der Waals surface area contributed by atoms with Crippen LogP contribution in [0.3, 0.4) is 0 Å². The quantitative estimate of drug-likeness (QED) is 0.794. The minimum absolute atomic E-state index is 0.138. The van der Waals surface area contributed by atoms with Gasteiger partial charge in [0.05, 0.1) is 12.0 Å². The molecular formula is C9H11N3O3. The highest BCUT2D eigenvalue weighted by molar-refractivity contribution is 5.85. The summed E-state index contributed by atoms with van der Waals surface area (Å²) in [5, 5.41) is 17.2. The Bertz CT molecular complexity index is 394. The van der Waals surface area contributed by atoms with Crippen molar-refractivity contribution in [2.24, 2.45) is 5.92 Å². The molecule has 0 saturated heterocycles. The molecule has 0 aromatic carbocycles. The van der Waals surface area contributed by atoms with E-state index >= 15 is 0 Å². The summed E-state index contributed by atoms with van der Waals surface area (Å²) in [7, 11) is 1.69. The van der Waals surface area contributed by atoms with E-state index in [0.29, 0.717) is 6.54 Å². The zero-order chi connectivity index (χ0) is 11.4. The lowest BCUT2D eigenvalue weighted by Gasteiger charge is -2.14. The Kier molecular flexibility index (Phi) is 3.29. The van der Waals surface area contributed by atoms with Gasteiger partial charge in [-0.15, -0.1) is 0 Å². The lowest BCUT2D eigenvalue weighted by atomic mass is 10.2. The van der Waals surface area contributed by atoms with E-state index in [1.165, 1.54) is 0 Å². The lowest BCUT2D eigenvalue weighted by molar-refractivity contribution is 0.0690. The molecule has 0 fully saturated rings. The molecule has 0 radical (unpaired) electrons. The largest absolute Gasteiger partial charge is 0.476 e. The van der Waals surface area contributed by atoms with Crippen LogP contribution in [0, 0.1) is 17.2 Å². The minimum atomic E-state index is -1.13. The molecule has 80 valence electrons. The van der Waals surface area contributed by atoms with Crippen LogP contribution >= 0.6 is 0 Å². The molecule has 1 unspecified atom stereocenters. The lowest BCUT2D eigenvalue weighted by Crippen LogP contribution is -2.23. The second-order valence-electron chi connectivity index (χ2n) is 3.23. The van der Waals surface area contributed by atoms with Crippen molar-refractivity contribution < 1.29 is 14.3 Å². The number of anilines is 1. The van der Waals surface area contributed by atoms with E-state index in [1.54, 1.807) is 18.9 Å². The normalized spacial score (nSPS) is 11.8. The van der Waals surface area contributed by atoms with E-state index in [1.807, 2.05) is 0 Å². The fourth-order valence-electron chi connectivity index (χ4n) is 1.07. The van der Waals surface area contributed by atoms with Gasteiger partial charge in [-0.3, -0.25) is 0 Å². The van der Waals surface area contributed by atoms with Gasteiger partial charge in [0.1, 0.15) is 6.26 Å². The van der Waals surface area contributed by atoms with Crippen LogP contribution in [0.25, 0.3) is 0 Å². The SMILES string of the molecule is CC(C#N)CN(C)c1nc(C(=O)O)co1. The summed E-state index contributed by atoms with van der Waals surface area (Å²) in [4.78, 5) is 15.9. The van der Waals surface area contributed by atoms with Crippen molar-refractivity contribution >= 4 is 12.0 Å². The molecule has 0 aliphatic heterocycles. The standard InChI is InChI=1S/C9H11N3O3/c1-6(3-10)4-12(2)9-11-7(5-15-9)8(13)14/h5-6H,4H2,1-2H3,(H,13,14). The van der Waals surface area contributed by atoms with Gasteiger partial charge < -0.3 is 14.4 Å². The van der Waals surface area contributed by atoms with E-state index in [0.717, 1.165) is 6.26 Å². The second kappa shape index (κ2) is 4.46. The Hall–Kier alpha value is -2.03. The Morgan fingerprint density at radius 3 is 3.00 bits per heavy atom. The molecule has 1 rings (SSSR count). The Morgan fingerprint density at radius 1 is 1.87 bits per heavy atom. The van der Waals surface area contributed by atoms with Crippen molar-refractivity contribution in [3.63, 3.8) is 0 Å². The van der Waals surface area contributed by atoms with Gasteiger partial charge in [-0.25, -0.2) is 4.79 Å². The molecule has 0 aliphatic rings. The molecule has 0 spiro atoms. The summed E-state index contributed by atoms with van der Waals surface area (Å²) in [6.07, 6.45) is 1.07. The third-order valence-corrected chi connectivity index (χ3v) is 1.81. The summed E-state index contributed by atoms with van der Waals surface area (Å²) in [5.41, 5.74) is -0.138. The molecule has 0 amide bonds. The number of hydrogen-bond donors (Lipinski definition) is 1. The van der Waals surface area contributed by atoms with Crippen LogP contribution in [0.2, 0.25) is 0 Å². The van der Waals surface area contributed by atoms with Crippen LogP contribution in [-0.4, -0.2) is 29.7 Å². The summed E-state index contributed by atoms with van der Waals surface area (Å²) < 4.78 is 4.96. The first-order valence-corrected chi connectivity index (χ1v) is 4.34. The van der Waals surface area contributed by atoms with Crippen LogP contribution in [0.5, 0.6) is 0 Å². The van der Waals surface area contributed by atoms with Gasteiger partial charge in [-0.1, -0.05) is 0 Å². The van der Waals surface area contributed by atoms with Gasteiger partial charge in [0, 0.05) is 13.6 Å². The third-order valence-electron chi connectivity index (χ3n) is 1.81. The third kappa shape index (κ3) is 2.71. The Labute approximate surface area is 86.7 Å². The van der Waals surface area contributed by atoms with Crippen molar-refractivity contribution in [3.05, 3.63) is 12.0 Å². The highest BCUT2D eigenvalue weighted by Crippen LogP contribution is 2.13. The summed E-state index contributed by atoms with van der Waals surface area (Å²) >= 11 is 0. The first kappa shape index (κ1) is 11.0. The van der Waals surface area contributed by atoms with E-state index in [2.05, 4.69) is 11.1 Å². The number of nitriles is 1. The summed E-state index contributed by atoms with van der Waals surface area (Å²) in [6, 6.07) is 2.27. The number of nitrogens with zero attached hydrogens (tertiary/aromatic N) is 3. The van der Waals surface area contributed by atoms with Crippen molar-refractivity contribution in [1.82, 2.24) is 4.98 Å². The number of carbonyl (C=O) groups is 1. The van der Waals surface area contributed by atoms with E-state index < -0.39 is 5.97 Å². The molecule has 1 atom stereocenters. The summed E-state index contributed by atoms with van der Waals surface area (Å²) in [5.74, 6) is -1.30. The Balaban J connectivity index is 2.71. The monoisotopic (exact) mass is 209 g/mol. The zero-order valence-corrected chi connectivity index (χ0v) is 8.47. The molecule has 1 aromatic heterocycles. The van der Waals surface area contributed by atoms with Crippen molar-refractivity contribution in [2.45, 2.75) is 6.92 Å². The number of rotatable bonds is 4. The fourth-order valence-corrected chi connectivity index (χ4v) is 1.07. The number of hydrogen-bond acceptors (Lipinski definition) is 5. The number of oxazole rings is 1. The molecule has 0 bridgehead atoms. The van der Waals surface area contributed by atoms with Crippen LogP contribution in [0.4, 0.5) is 6.01 Å². The first-order valence-electron chi connectivity index (χ1n) is 4.34. The van der Waals surface area contributed by atoms with Crippen LogP contribution in [0.1, 0.15) is 17.4 Å². The predicted molar refractivity (Wildman–Crippen MR) is 51.5 cm³/mol. The van der Waals surface area contributed by atoms with Gasteiger partial charge in [-0.05, 0) is 6.92 Å². The van der Waals surface area contributed by atoms with Crippen LogP contribution < -0.4 is 4.90 Å². The van der Waals surface area contributed by atoms with Gasteiger partial charge in [0.15, 0.2) is 5.69 Å². The molecular weight excluding hydrogens is 198 g/mol. The second-order valence-corrected chi connectivity index (χ2v) is 3.23. The average molecular weight is 209 g/mol. The number of carboxylic acids is 1. The Morgan fingerprint density at radius 2 is 2.53 bits per heavy atom. The highest BCUT2D eigenvalue weighted by atomic mass is 16.4. The molecule has 1 aromatic rings. The molecule has 1 heterocycles. The number of carboxylic acid groups (broad SMARTS) is 1. The van der Waals surface area contributed by atoms with Crippen LogP contribution in [-0.2, 0) is 0 Å². The maximum absolute atomic E-state index is 10.5. The van der Waals surface area contributed by atoms with Gasteiger partial charge in [0.25, 0.3) is 6.01 Å². The molecule has 6 nitrogen and oxygen atoms in total. The minimum Gasteiger partial charge on any atom is -0.476 e. The fraction of sp³-hybridized carbons (Fsp3) is 0.444. The molecule has 0 saturated carbocycles. The maximum atomic E-state index is 10.5. The van der Waals surface area contributed by atoms with Crippen molar-refractivity contribution in [2.75, 3.05) is 18.5 Å². The first-order chi connectivity index (χ1) is 7.04. The average Bonchev–Trinajstić information content (AvgIpc) is 2.66. The topological polar surface area (TPSA) is 90.4 Å². The van der Waals surface area contributed by atoms with Crippen molar-refractivity contribution in [3.8, 4) is 6.07 Å². The highest BCUT2D eigenvalue weighted by Gasteiger charge is 2.14. The predicted octanol–water partition coefficient (Wildman–Crippen LogP) is 0.969. The van der Waals surface area contributed by atoms with Crippen LogP contribution in [0.15, 0.2) is 10.7 Å². The van der Waals surface area contributed by atoms with E-state index in [4.69, 9.17) is 14.8 Å². The van der Waals surface area contributed by atoms with Crippen molar-refractivity contribution in [1.29, 1.82) is 5.26 Å². The summed E-state index contributed by atoms with van der Waals surface area (Å²) in [6.45, 7) is 2.20. The van der Waals surface area contributed by atoms with Gasteiger partial charge >= 0.3 is 5.97 Å².